The summed E-state index contributed by atoms with van der Waals surface area (Å²) in [5.41, 5.74) is 5.16. The molecule has 3 aromatic rings. The van der Waals surface area contributed by atoms with Crippen molar-refractivity contribution < 1.29 is 0 Å². The van der Waals surface area contributed by atoms with Gasteiger partial charge in [0.15, 0.2) is 0 Å². The lowest BCUT2D eigenvalue weighted by Crippen LogP contribution is -2.22. The number of nitrogens with zero attached hydrogens (tertiary/aromatic N) is 2. The second kappa shape index (κ2) is 4.80. The Bertz CT molecular complexity index is 875. The zero-order chi connectivity index (χ0) is 15.3. The van der Waals surface area contributed by atoms with Crippen LogP contribution in [0, 0.1) is 0 Å². The zero-order valence-corrected chi connectivity index (χ0v) is 13.4. The smallest absolute Gasteiger partial charge is 0.116 e. The lowest BCUT2D eigenvalue weighted by atomic mass is 9.75. The Morgan fingerprint density at radius 2 is 1.64 bits per heavy atom. The molecule has 0 amide bonds. The van der Waals surface area contributed by atoms with Gasteiger partial charge in [-0.05, 0) is 42.3 Å². The van der Waals surface area contributed by atoms with Crippen LogP contribution in [0.5, 0.6) is 0 Å². The highest BCUT2D eigenvalue weighted by molar-refractivity contribution is 6.31. The molecule has 22 heavy (non-hydrogen) atoms. The molecular weight excluding hydrogens is 315 g/mol. The van der Waals surface area contributed by atoms with Gasteiger partial charge in [0.1, 0.15) is 6.33 Å². The molecule has 1 heterocycles. The molecule has 0 aliphatic heterocycles. The van der Waals surface area contributed by atoms with Gasteiger partial charge in [-0.25, -0.2) is 9.97 Å². The van der Waals surface area contributed by atoms with E-state index in [0.29, 0.717) is 5.02 Å². The Hall–Kier alpha value is -1.90. The van der Waals surface area contributed by atoms with Crippen LogP contribution in [0.2, 0.25) is 10.0 Å². The lowest BCUT2D eigenvalue weighted by Gasteiger charge is -2.27. The van der Waals surface area contributed by atoms with Crippen LogP contribution in [0.3, 0.4) is 0 Å². The highest BCUT2D eigenvalue weighted by atomic mass is 35.5. The van der Waals surface area contributed by atoms with E-state index in [1.807, 2.05) is 30.5 Å². The van der Waals surface area contributed by atoms with Gasteiger partial charge in [-0.1, -0.05) is 41.4 Å². The van der Waals surface area contributed by atoms with Crippen LogP contribution >= 0.6 is 23.2 Å². The Kier molecular flexibility index (Phi) is 3.00. The summed E-state index contributed by atoms with van der Waals surface area (Å²) in [5.74, 6) is 0. The molecule has 1 aromatic heterocycles. The third-order valence-corrected chi connectivity index (χ3v) is 4.93. The number of rotatable bonds is 1. The molecule has 1 unspecified atom stereocenters. The minimum Gasteiger partial charge on any atom is -0.244 e. The lowest BCUT2D eigenvalue weighted by molar-refractivity contribution is 0.707. The average molecular weight is 327 g/mol. The second-order valence-electron chi connectivity index (χ2n) is 5.61. The zero-order valence-electron chi connectivity index (χ0n) is 11.8. The molecule has 0 saturated carbocycles. The third kappa shape index (κ3) is 1.81. The summed E-state index contributed by atoms with van der Waals surface area (Å²) in [6.45, 7) is 2.19. The normalized spacial score (nSPS) is 18.9. The van der Waals surface area contributed by atoms with Gasteiger partial charge in [0.05, 0.1) is 5.69 Å². The molecule has 4 rings (SSSR count). The van der Waals surface area contributed by atoms with Gasteiger partial charge in [-0.3, -0.25) is 0 Å². The first-order chi connectivity index (χ1) is 10.6. The van der Waals surface area contributed by atoms with Gasteiger partial charge >= 0.3 is 0 Å². The number of aromatic nitrogens is 2. The van der Waals surface area contributed by atoms with Crippen molar-refractivity contribution in [1.29, 1.82) is 0 Å². The highest BCUT2D eigenvalue weighted by Crippen LogP contribution is 2.51. The molecule has 0 bridgehead atoms. The van der Waals surface area contributed by atoms with Crippen LogP contribution in [-0.4, -0.2) is 9.97 Å². The van der Waals surface area contributed by atoms with Crippen LogP contribution in [0.1, 0.15) is 23.6 Å². The molecule has 0 spiro atoms. The summed E-state index contributed by atoms with van der Waals surface area (Å²) < 4.78 is 0. The van der Waals surface area contributed by atoms with Crippen LogP contribution in [0.4, 0.5) is 0 Å². The van der Waals surface area contributed by atoms with Crippen molar-refractivity contribution in [3.63, 3.8) is 0 Å². The van der Waals surface area contributed by atoms with Gasteiger partial charge in [0.2, 0.25) is 0 Å². The van der Waals surface area contributed by atoms with Gasteiger partial charge in [0, 0.05) is 32.8 Å². The largest absolute Gasteiger partial charge is 0.244 e. The molecule has 2 nitrogen and oxygen atoms in total. The van der Waals surface area contributed by atoms with E-state index in [9.17, 15) is 0 Å². The third-order valence-electron chi connectivity index (χ3n) is 4.45. The van der Waals surface area contributed by atoms with Crippen molar-refractivity contribution >= 4 is 23.2 Å². The minimum absolute atomic E-state index is 0.304. The average Bonchev–Trinajstić information content (AvgIpc) is 2.79. The van der Waals surface area contributed by atoms with E-state index in [4.69, 9.17) is 23.2 Å². The van der Waals surface area contributed by atoms with E-state index in [1.54, 1.807) is 6.33 Å². The first-order valence-electron chi connectivity index (χ1n) is 6.97. The van der Waals surface area contributed by atoms with E-state index in [-0.39, 0.29) is 5.41 Å². The Morgan fingerprint density at radius 1 is 0.909 bits per heavy atom. The summed E-state index contributed by atoms with van der Waals surface area (Å²) in [4.78, 5) is 8.71. The maximum Gasteiger partial charge on any atom is 0.116 e. The number of hydrogen-bond acceptors (Lipinski definition) is 2. The molecule has 1 atom stereocenters. The van der Waals surface area contributed by atoms with Crippen molar-refractivity contribution in [3.05, 3.63) is 81.7 Å². The van der Waals surface area contributed by atoms with E-state index in [1.165, 1.54) is 5.56 Å². The van der Waals surface area contributed by atoms with Crippen molar-refractivity contribution in [3.8, 4) is 11.3 Å². The standard InChI is InChI=1S/C18H12Cl2N2/c1-18(11-2-4-12(19)5-3-11)15-7-6-13(20)8-14(15)17-16(18)9-21-10-22-17/h2-10H,1H3. The van der Waals surface area contributed by atoms with E-state index < -0.39 is 0 Å². The molecule has 0 N–H and O–H groups in total. The van der Waals surface area contributed by atoms with Crippen LogP contribution in [0.25, 0.3) is 11.3 Å². The maximum absolute atomic E-state index is 6.19. The van der Waals surface area contributed by atoms with Gasteiger partial charge in [-0.15, -0.1) is 0 Å². The number of benzene rings is 2. The predicted molar refractivity (Wildman–Crippen MR) is 89.5 cm³/mol. The summed E-state index contributed by atoms with van der Waals surface area (Å²) in [7, 11) is 0. The fourth-order valence-electron chi connectivity index (χ4n) is 3.30. The first-order valence-corrected chi connectivity index (χ1v) is 7.73. The molecule has 0 saturated heterocycles. The van der Waals surface area contributed by atoms with E-state index in [0.717, 1.165) is 27.4 Å². The molecule has 108 valence electrons. The van der Waals surface area contributed by atoms with E-state index >= 15 is 0 Å². The quantitative estimate of drug-likeness (QED) is 0.620. The fraction of sp³-hybridized carbons (Fsp3) is 0.111. The summed E-state index contributed by atoms with van der Waals surface area (Å²) in [5, 5.41) is 1.44. The first kappa shape index (κ1) is 13.7. The number of hydrogen-bond donors (Lipinski definition) is 0. The minimum atomic E-state index is -0.304. The molecule has 2 aromatic carbocycles. The van der Waals surface area contributed by atoms with Crippen LogP contribution in [0.15, 0.2) is 55.0 Å². The topological polar surface area (TPSA) is 25.8 Å². The molecule has 0 radical (unpaired) electrons. The van der Waals surface area contributed by atoms with Crippen molar-refractivity contribution in [2.45, 2.75) is 12.3 Å². The van der Waals surface area contributed by atoms with Crippen molar-refractivity contribution in [1.82, 2.24) is 9.97 Å². The number of halogens is 2. The Labute approximate surface area is 138 Å². The predicted octanol–water partition coefficient (Wildman–Crippen LogP) is 5.12. The van der Waals surface area contributed by atoms with Gasteiger partial charge < -0.3 is 0 Å². The van der Waals surface area contributed by atoms with Crippen molar-refractivity contribution in [2.75, 3.05) is 0 Å². The maximum atomic E-state index is 6.19. The Balaban J connectivity index is 2.06. The Morgan fingerprint density at radius 3 is 2.41 bits per heavy atom. The molecule has 1 aliphatic carbocycles. The molecular formula is C18H12Cl2N2. The summed E-state index contributed by atoms with van der Waals surface area (Å²) >= 11 is 12.2. The summed E-state index contributed by atoms with van der Waals surface area (Å²) in [6, 6.07) is 13.9. The van der Waals surface area contributed by atoms with Gasteiger partial charge in [0.25, 0.3) is 0 Å². The highest BCUT2D eigenvalue weighted by Gasteiger charge is 2.41. The van der Waals surface area contributed by atoms with Crippen LogP contribution < -0.4 is 0 Å². The summed E-state index contributed by atoms with van der Waals surface area (Å²) in [6.07, 6.45) is 3.47. The second-order valence-corrected chi connectivity index (χ2v) is 6.48. The van der Waals surface area contributed by atoms with Crippen LogP contribution in [-0.2, 0) is 5.41 Å². The van der Waals surface area contributed by atoms with Gasteiger partial charge in [-0.2, -0.15) is 0 Å². The fourth-order valence-corrected chi connectivity index (χ4v) is 3.60. The molecule has 0 fully saturated rings. The SMILES string of the molecule is CC1(c2ccc(Cl)cc2)c2ccc(Cl)cc2-c2ncncc21. The molecule has 4 heteroatoms. The number of fused-ring (bicyclic) bond motifs is 3. The monoisotopic (exact) mass is 326 g/mol. The van der Waals surface area contributed by atoms with E-state index in [2.05, 4.69) is 35.1 Å². The molecule has 1 aliphatic rings. The van der Waals surface area contributed by atoms with Crippen molar-refractivity contribution in [2.24, 2.45) is 0 Å².